The second kappa shape index (κ2) is 5.91. The number of benzene rings is 1. The van der Waals surface area contributed by atoms with Gasteiger partial charge in [-0.3, -0.25) is 4.90 Å². The van der Waals surface area contributed by atoms with E-state index in [0.29, 0.717) is 19.1 Å². The fourth-order valence-electron chi connectivity index (χ4n) is 2.43. The lowest BCUT2D eigenvalue weighted by Gasteiger charge is -2.24. The maximum atomic E-state index is 12.9. The summed E-state index contributed by atoms with van der Waals surface area (Å²) in [6, 6.07) is 6.52. The van der Waals surface area contributed by atoms with Crippen LogP contribution in [0.1, 0.15) is 30.3 Å². The minimum atomic E-state index is -0.626. The number of aliphatic hydroxyl groups excluding tert-OH is 1. The average Bonchev–Trinajstić information content (AvgIpc) is 3.24. The number of aryl methyl sites for hydroxylation is 1. The molecular weight excluding hydrogens is 271 g/mol. The van der Waals surface area contributed by atoms with Crippen LogP contribution in [0.4, 0.5) is 4.39 Å². The third-order valence-corrected chi connectivity index (χ3v) is 3.88. The van der Waals surface area contributed by atoms with Crippen molar-refractivity contribution >= 4 is 0 Å². The largest absolute Gasteiger partial charge is 0.387 e. The zero-order valence-electron chi connectivity index (χ0n) is 12.0. The second-order valence-corrected chi connectivity index (χ2v) is 5.59. The molecule has 1 saturated carbocycles. The van der Waals surface area contributed by atoms with Crippen molar-refractivity contribution in [2.24, 2.45) is 7.05 Å². The number of hydrogen-bond acceptors (Lipinski definition) is 4. The van der Waals surface area contributed by atoms with E-state index in [1.54, 1.807) is 18.5 Å². The van der Waals surface area contributed by atoms with Gasteiger partial charge in [0, 0.05) is 19.6 Å². The summed E-state index contributed by atoms with van der Waals surface area (Å²) in [6.45, 7) is 1.18. The van der Waals surface area contributed by atoms with E-state index in [2.05, 4.69) is 15.1 Å². The Balaban J connectivity index is 1.67. The maximum absolute atomic E-state index is 12.9. The van der Waals surface area contributed by atoms with E-state index in [1.165, 1.54) is 12.1 Å². The van der Waals surface area contributed by atoms with Crippen LogP contribution in [0.3, 0.4) is 0 Å². The van der Waals surface area contributed by atoms with Gasteiger partial charge in [-0.15, -0.1) is 10.2 Å². The normalized spacial score (nSPS) is 16.4. The second-order valence-electron chi connectivity index (χ2n) is 5.59. The molecule has 0 bridgehead atoms. The number of hydrogen-bond donors (Lipinski definition) is 1. The van der Waals surface area contributed by atoms with Crippen LogP contribution in [-0.4, -0.2) is 37.4 Å². The molecule has 0 saturated heterocycles. The minimum absolute atomic E-state index is 0.288. The van der Waals surface area contributed by atoms with Crippen molar-refractivity contribution in [1.29, 1.82) is 0 Å². The highest BCUT2D eigenvalue weighted by molar-refractivity contribution is 5.19. The van der Waals surface area contributed by atoms with Crippen LogP contribution < -0.4 is 0 Å². The number of aromatic nitrogens is 3. The molecule has 1 fully saturated rings. The van der Waals surface area contributed by atoms with Crippen molar-refractivity contribution in [2.45, 2.75) is 31.5 Å². The van der Waals surface area contributed by atoms with Gasteiger partial charge in [-0.1, -0.05) is 12.1 Å². The molecular formula is C15H19FN4O. The molecule has 1 heterocycles. The van der Waals surface area contributed by atoms with E-state index in [0.717, 1.165) is 24.2 Å². The lowest BCUT2D eigenvalue weighted by atomic mass is 10.1. The lowest BCUT2D eigenvalue weighted by molar-refractivity contribution is 0.102. The quantitative estimate of drug-likeness (QED) is 0.879. The monoisotopic (exact) mass is 290 g/mol. The van der Waals surface area contributed by atoms with Crippen molar-refractivity contribution in [2.75, 3.05) is 6.54 Å². The van der Waals surface area contributed by atoms with Crippen LogP contribution >= 0.6 is 0 Å². The first-order valence-electron chi connectivity index (χ1n) is 7.14. The van der Waals surface area contributed by atoms with Crippen molar-refractivity contribution < 1.29 is 9.50 Å². The first-order valence-corrected chi connectivity index (χ1v) is 7.14. The summed E-state index contributed by atoms with van der Waals surface area (Å²) in [5.74, 6) is 0.595. The van der Waals surface area contributed by atoms with Gasteiger partial charge in [0.15, 0.2) is 0 Å². The van der Waals surface area contributed by atoms with Crippen molar-refractivity contribution in [3.8, 4) is 0 Å². The zero-order chi connectivity index (χ0) is 14.8. The Morgan fingerprint density at radius 1 is 1.38 bits per heavy atom. The highest BCUT2D eigenvalue weighted by atomic mass is 19.1. The SMILES string of the molecule is Cn1cnnc1CN(CC(O)c1ccc(F)cc1)C1CC1. The van der Waals surface area contributed by atoms with Crippen molar-refractivity contribution in [3.63, 3.8) is 0 Å². The molecule has 1 aliphatic rings. The number of rotatable bonds is 6. The highest BCUT2D eigenvalue weighted by Gasteiger charge is 2.31. The third kappa shape index (κ3) is 3.46. The van der Waals surface area contributed by atoms with Crippen LogP contribution in [0.2, 0.25) is 0 Å². The summed E-state index contributed by atoms with van der Waals surface area (Å²) in [4.78, 5) is 2.22. The molecule has 1 aromatic heterocycles. The maximum Gasteiger partial charge on any atom is 0.146 e. The Kier molecular flexibility index (Phi) is 3.98. The number of halogens is 1. The summed E-state index contributed by atoms with van der Waals surface area (Å²) < 4.78 is 14.8. The van der Waals surface area contributed by atoms with Gasteiger partial charge in [0.05, 0.1) is 12.6 Å². The van der Waals surface area contributed by atoms with E-state index < -0.39 is 6.10 Å². The molecule has 0 radical (unpaired) electrons. The molecule has 1 atom stereocenters. The predicted molar refractivity (Wildman–Crippen MR) is 75.8 cm³/mol. The molecule has 0 aliphatic heterocycles. The van der Waals surface area contributed by atoms with Crippen LogP contribution in [0.15, 0.2) is 30.6 Å². The van der Waals surface area contributed by atoms with Crippen LogP contribution in [0.5, 0.6) is 0 Å². The molecule has 21 heavy (non-hydrogen) atoms. The van der Waals surface area contributed by atoms with Gasteiger partial charge in [0.25, 0.3) is 0 Å². The summed E-state index contributed by atoms with van der Waals surface area (Å²) in [5.41, 5.74) is 0.736. The number of nitrogens with zero attached hydrogens (tertiary/aromatic N) is 4. The van der Waals surface area contributed by atoms with Crippen LogP contribution in [0.25, 0.3) is 0 Å². The van der Waals surface area contributed by atoms with Crippen molar-refractivity contribution in [3.05, 3.63) is 47.8 Å². The molecule has 0 spiro atoms. The first kappa shape index (κ1) is 14.2. The van der Waals surface area contributed by atoms with E-state index in [9.17, 15) is 9.50 Å². The molecule has 6 heteroatoms. The van der Waals surface area contributed by atoms with Gasteiger partial charge in [0.1, 0.15) is 18.0 Å². The summed E-state index contributed by atoms with van der Waals surface area (Å²) >= 11 is 0. The Bertz CT molecular complexity index is 594. The van der Waals surface area contributed by atoms with Gasteiger partial charge >= 0.3 is 0 Å². The third-order valence-electron chi connectivity index (χ3n) is 3.88. The lowest BCUT2D eigenvalue weighted by Crippen LogP contribution is -2.31. The molecule has 0 amide bonds. The topological polar surface area (TPSA) is 54.2 Å². The molecule has 3 rings (SSSR count). The highest BCUT2D eigenvalue weighted by Crippen LogP contribution is 2.30. The fraction of sp³-hybridized carbons (Fsp3) is 0.467. The van der Waals surface area contributed by atoms with E-state index in [-0.39, 0.29) is 5.82 Å². The molecule has 1 N–H and O–H groups in total. The van der Waals surface area contributed by atoms with Crippen LogP contribution in [-0.2, 0) is 13.6 Å². The molecule has 2 aromatic rings. The Morgan fingerprint density at radius 3 is 2.67 bits per heavy atom. The van der Waals surface area contributed by atoms with Gasteiger partial charge in [-0.2, -0.15) is 0 Å². The molecule has 1 aliphatic carbocycles. The molecule has 1 unspecified atom stereocenters. The van der Waals surface area contributed by atoms with Gasteiger partial charge < -0.3 is 9.67 Å². The van der Waals surface area contributed by atoms with Crippen molar-refractivity contribution in [1.82, 2.24) is 19.7 Å². The fourth-order valence-corrected chi connectivity index (χ4v) is 2.43. The number of aliphatic hydroxyl groups is 1. The van der Waals surface area contributed by atoms with Gasteiger partial charge in [-0.25, -0.2) is 4.39 Å². The minimum Gasteiger partial charge on any atom is -0.387 e. The summed E-state index contributed by atoms with van der Waals surface area (Å²) in [5, 5.41) is 18.3. The smallest absolute Gasteiger partial charge is 0.146 e. The molecule has 1 aromatic carbocycles. The Morgan fingerprint density at radius 2 is 2.10 bits per heavy atom. The zero-order valence-corrected chi connectivity index (χ0v) is 12.0. The first-order chi connectivity index (χ1) is 10.1. The van der Waals surface area contributed by atoms with E-state index >= 15 is 0 Å². The summed E-state index contributed by atoms with van der Waals surface area (Å²) in [6.07, 6.45) is 3.35. The molecule has 112 valence electrons. The summed E-state index contributed by atoms with van der Waals surface area (Å²) in [7, 11) is 1.91. The molecule has 5 nitrogen and oxygen atoms in total. The Hall–Kier alpha value is -1.79. The standard InChI is InChI=1S/C15H19FN4O/c1-19-10-17-18-15(19)9-20(13-6-7-13)8-14(21)11-2-4-12(16)5-3-11/h2-5,10,13-14,21H,6-9H2,1H3. The average molecular weight is 290 g/mol. The van der Waals surface area contributed by atoms with Gasteiger partial charge in [-0.05, 0) is 30.5 Å². The van der Waals surface area contributed by atoms with E-state index in [4.69, 9.17) is 0 Å². The van der Waals surface area contributed by atoms with Gasteiger partial charge in [0.2, 0.25) is 0 Å². The predicted octanol–water partition coefficient (Wildman–Crippen LogP) is 1.65. The van der Waals surface area contributed by atoms with Crippen LogP contribution in [0, 0.1) is 5.82 Å². The van der Waals surface area contributed by atoms with E-state index in [1.807, 2.05) is 11.6 Å². The Labute approximate surface area is 123 Å².